The average Bonchev–Trinajstić information content (AvgIpc) is 3.14. The number of carbonyl (C=O) groups is 2. The van der Waals surface area contributed by atoms with Crippen LogP contribution in [0.1, 0.15) is 53.0 Å². The molecule has 0 aromatic heterocycles. The summed E-state index contributed by atoms with van der Waals surface area (Å²) in [5.41, 5.74) is 3.93. The zero-order chi connectivity index (χ0) is 25.3. The molecule has 0 fully saturated rings. The van der Waals surface area contributed by atoms with Crippen molar-refractivity contribution in [3.63, 3.8) is 0 Å². The van der Waals surface area contributed by atoms with Crippen molar-refractivity contribution in [1.29, 1.82) is 0 Å². The molecular weight excluding hydrogens is 450 g/mol. The molecule has 1 aliphatic rings. The number of benzene rings is 3. The van der Waals surface area contributed by atoms with Gasteiger partial charge >= 0.3 is 0 Å². The number of carbonyl (C=O) groups excluding carboxylic acids is 2. The Kier molecular flexibility index (Phi) is 8.74. The lowest BCUT2D eigenvalue weighted by atomic mass is 10.1. The van der Waals surface area contributed by atoms with E-state index in [0.29, 0.717) is 35.7 Å². The Morgan fingerprint density at radius 3 is 2.42 bits per heavy atom. The maximum Gasteiger partial charge on any atom is 0.259 e. The topological polar surface area (TPSA) is 61.9 Å². The van der Waals surface area contributed by atoms with Crippen molar-refractivity contribution in [3.8, 4) is 5.75 Å². The molecule has 4 rings (SSSR count). The lowest BCUT2D eigenvalue weighted by Crippen LogP contribution is -2.31. The van der Waals surface area contributed by atoms with Crippen LogP contribution >= 0.6 is 0 Å². The Balaban J connectivity index is 1.42. The van der Waals surface area contributed by atoms with Gasteiger partial charge in [0.2, 0.25) is 0 Å². The normalized spacial score (nSPS) is 13.1. The van der Waals surface area contributed by atoms with Crippen LogP contribution in [0.2, 0.25) is 0 Å². The Morgan fingerprint density at radius 1 is 0.917 bits per heavy atom. The van der Waals surface area contributed by atoms with Crippen LogP contribution < -0.4 is 15.0 Å². The van der Waals surface area contributed by atoms with E-state index in [9.17, 15) is 9.59 Å². The van der Waals surface area contributed by atoms with Crippen LogP contribution in [0, 0.1) is 0 Å². The number of hydrogen-bond acceptors (Lipinski definition) is 4. The lowest BCUT2D eigenvalue weighted by molar-refractivity contribution is 0.0985. The van der Waals surface area contributed by atoms with Crippen LogP contribution in [0.15, 0.2) is 72.8 Å². The van der Waals surface area contributed by atoms with E-state index < -0.39 is 0 Å². The monoisotopic (exact) mass is 485 g/mol. The largest absolute Gasteiger partial charge is 0.491 e. The second kappa shape index (κ2) is 12.4. The van der Waals surface area contributed by atoms with E-state index in [-0.39, 0.29) is 11.8 Å². The molecule has 0 spiro atoms. The highest BCUT2D eigenvalue weighted by Gasteiger charge is 2.22. The van der Waals surface area contributed by atoms with Crippen molar-refractivity contribution < 1.29 is 14.3 Å². The third kappa shape index (κ3) is 6.13. The maximum atomic E-state index is 13.3. The predicted octanol–water partition coefficient (Wildman–Crippen LogP) is 5.64. The summed E-state index contributed by atoms with van der Waals surface area (Å²) in [6.45, 7) is 8.20. The number of fused-ring (bicyclic) bond motifs is 1. The molecule has 0 atom stereocenters. The minimum Gasteiger partial charge on any atom is -0.491 e. The van der Waals surface area contributed by atoms with E-state index in [2.05, 4.69) is 30.1 Å². The number of likely N-dealkylation sites (N-methyl/N-ethyl adjacent to an activating group) is 1. The van der Waals surface area contributed by atoms with Gasteiger partial charge in [-0.05, 0) is 80.4 Å². The maximum absolute atomic E-state index is 13.3. The number of aryl methyl sites for hydroxylation is 1. The number of nitrogens with one attached hydrogen (secondary N) is 1. The van der Waals surface area contributed by atoms with Gasteiger partial charge in [0, 0.05) is 30.0 Å². The SMILES string of the molecule is CCN(CC)CCOc1ccccc1C(=O)Nc1ccc(C(=O)N2CCCCc3ccccc32)cc1. The van der Waals surface area contributed by atoms with E-state index >= 15 is 0 Å². The Labute approximate surface area is 213 Å². The molecule has 1 heterocycles. The first kappa shape index (κ1) is 25.5. The predicted molar refractivity (Wildman–Crippen MR) is 145 cm³/mol. The van der Waals surface area contributed by atoms with Crippen LogP contribution in [0.25, 0.3) is 0 Å². The van der Waals surface area contributed by atoms with Crippen molar-refractivity contribution >= 4 is 23.2 Å². The quantitative estimate of drug-likeness (QED) is 0.426. The Hall–Kier alpha value is -3.64. The third-order valence-corrected chi connectivity index (χ3v) is 6.69. The highest BCUT2D eigenvalue weighted by atomic mass is 16.5. The van der Waals surface area contributed by atoms with Gasteiger partial charge in [-0.3, -0.25) is 9.59 Å². The highest BCUT2D eigenvalue weighted by molar-refractivity contribution is 6.08. The van der Waals surface area contributed by atoms with Gasteiger partial charge in [0.05, 0.1) is 5.56 Å². The first-order valence-electron chi connectivity index (χ1n) is 12.9. The number of amides is 2. The minimum atomic E-state index is -0.242. The molecule has 0 saturated heterocycles. The van der Waals surface area contributed by atoms with E-state index in [1.807, 2.05) is 41.3 Å². The first-order chi connectivity index (χ1) is 17.6. The summed E-state index contributed by atoms with van der Waals surface area (Å²) in [6.07, 6.45) is 3.04. The molecule has 0 radical (unpaired) electrons. The van der Waals surface area contributed by atoms with Gasteiger partial charge in [-0.2, -0.15) is 0 Å². The van der Waals surface area contributed by atoms with Crippen molar-refractivity contribution in [3.05, 3.63) is 89.5 Å². The summed E-state index contributed by atoms with van der Waals surface area (Å²) >= 11 is 0. The van der Waals surface area contributed by atoms with E-state index in [4.69, 9.17) is 4.74 Å². The van der Waals surface area contributed by atoms with Crippen molar-refractivity contribution in [2.24, 2.45) is 0 Å². The fraction of sp³-hybridized carbons (Fsp3) is 0.333. The molecule has 1 aliphatic heterocycles. The second-order valence-corrected chi connectivity index (χ2v) is 8.95. The summed E-state index contributed by atoms with van der Waals surface area (Å²) in [4.78, 5) is 30.5. The van der Waals surface area contributed by atoms with Crippen molar-refractivity contribution in [1.82, 2.24) is 4.90 Å². The first-order valence-corrected chi connectivity index (χ1v) is 12.9. The molecule has 1 N–H and O–H groups in total. The van der Waals surface area contributed by atoms with Gasteiger partial charge in [-0.25, -0.2) is 0 Å². The summed E-state index contributed by atoms with van der Waals surface area (Å²) in [6, 6.07) is 22.5. The molecule has 3 aromatic rings. The zero-order valence-electron chi connectivity index (χ0n) is 21.2. The number of nitrogens with zero attached hydrogens (tertiary/aromatic N) is 2. The van der Waals surface area contributed by atoms with Crippen LogP contribution in [-0.2, 0) is 6.42 Å². The van der Waals surface area contributed by atoms with Gasteiger partial charge in [-0.15, -0.1) is 0 Å². The van der Waals surface area contributed by atoms with Crippen LogP contribution in [0.3, 0.4) is 0 Å². The number of anilines is 2. The van der Waals surface area contributed by atoms with Crippen molar-refractivity contribution in [2.45, 2.75) is 33.1 Å². The van der Waals surface area contributed by atoms with E-state index in [1.165, 1.54) is 5.56 Å². The van der Waals surface area contributed by atoms with E-state index in [0.717, 1.165) is 44.6 Å². The summed E-state index contributed by atoms with van der Waals surface area (Å²) in [5.74, 6) is 0.303. The Morgan fingerprint density at radius 2 is 1.64 bits per heavy atom. The molecule has 0 bridgehead atoms. The number of rotatable bonds is 9. The molecule has 3 aromatic carbocycles. The Bertz CT molecular complexity index is 1170. The number of ether oxygens (including phenoxy) is 1. The molecule has 6 heteroatoms. The van der Waals surface area contributed by atoms with Gasteiger partial charge < -0.3 is 19.9 Å². The summed E-state index contributed by atoms with van der Waals surface area (Å²) in [5, 5.41) is 2.94. The highest BCUT2D eigenvalue weighted by Crippen LogP contribution is 2.28. The molecule has 188 valence electrons. The van der Waals surface area contributed by atoms with E-state index in [1.54, 1.807) is 30.3 Å². The lowest BCUT2D eigenvalue weighted by Gasteiger charge is -2.23. The van der Waals surface area contributed by atoms with Gasteiger partial charge in [0.25, 0.3) is 11.8 Å². The van der Waals surface area contributed by atoms with Gasteiger partial charge in [0.15, 0.2) is 0 Å². The molecule has 6 nitrogen and oxygen atoms in total. The van der Waals surface area contributed by atoms with Crippen LogP contribution in [0.5, 0.6) is 5.75 Å². The third-order valence-electron chi connectivity index (χ3n) is 6.69. The standard InChI is InChI=1S/C30H35N3O3/c1-3-32(4-2)21-22-36-28-15-8-6-13-26(28)29(34)31-25-18-16-24(17-19-25)30(35)33-20-10-9-12-23-11-5-7-14-27(23)33/h5-8,11,13-19H,3-4,9-10,12,20-22H2,1-2H3,(H,31,34). The molecule has 0 saturated carbocycles. The second-order valence-electron chi connectivity index (χ2n) is 8.95. The fourth-order valence-corrected chi connectivity index (χ4v) is 4.56. The molecule has 0 aliphatic carbocycles. The average molecular weight is 486 g/mol. The minimum absolute atomic E-state index is 0.0193. The smallest absolute Gasteiger partial charge is 0.259 e. The fourth-order valence-electron chi connectivity index (χ4n) is 4.56. The summed E-state index contributed by atoms with van der Waals surface area (Å²) in [7, 11) is 0. The van der Waals surface area contributed by atoms with Crippen LogP contribution in [-0.4, -0.2) is 49.5 Å². The zero-order valence-corrected chi connectivity index (χ0v) is 21.2. The molecule has 2 amide bonds. The van der Waals surface area contributed by atoms with Gasteiger partial charge in [-0.1, -0.05) is 44.2 Å². The molecule has 36 heavy (non-hydrogen) atoms. The van der Waals surface area contributed by atoms with Crippen LogP contribution in [0.4, 0.5) is 11.4 Å². The van der Waals surface area contributed by atoms with Crippen molar-refractivity contribution in [2.75, 3.05) is 43.0 Å². The molecular formula is C30H35N3O3. The van der Waals surface area contributed by atoms with Gasteiger partial charge in [0.1, 0.15) is 12.4 Å². The number of hydrogen-bond donors (Lipinski definition) is 1. The summed E-state index contributed by atoms with van der Waals surface area (Å²) < 4.78 is 5.93. The molecule has 0 unspecified atom stereocenters. The number of para-hydroxylation sites is 2.